The first kappa shape index (κ1) is 34.4. The number of carbonyl (C=O) groups excluding carboxylic acids is 1. The van der Waals surface area contributed by atoms with E-state index in [1.54, 1.807) is 10.9 Å². The van der Waals surface area contributed by atoms with Crippen LogP contribution in [-0.2, 0) is 36.8 Å². The van der Waals surface area contributed by atoms with Gasteiger partial charge in [0.1, 0.15) is 24.6 Å². The third-order valence-corrected chi connectivity index (χ3v) is 10.2. The fraction of sp³-hybridized carbons (Fsp3) is 0.400. The first-order valence-corrected chi connectivity index (χ1v) is 17.0. The SMILES string of the molecule is O=C(CCOCCOCCOCCOCCn1cc(Cn2ccnc2[N+](=O)[O-])nn1)SCP(c1ccccc1)c1ccccc1. The van der Waals surface area contributed by atoms with E-state index in [2.05, 4.69) is 39.6 Å². The van der Waals surface area contributed by atoms with Crippen molar-refractivity contribution in [2.24, 2.45) is 0 Å². The molecule has 2 aromatic carbocycles. The Morgan fingerprint density at radius 3 is 2.02 bits per heavy atom. The normalized spacial score (nSPS) is 11.3. The van der Waals surface area contributed by atoms with Gasteiger partial charge >= 0.3 is 5.95 Å². The number of nitro groups is 1. The molecule has 0 N–H and O–H groups in total. The van der Waals surface area contributed by atoms with E-state index in [1.165, 1.54) is 39.3 Å². The summed E-state index contributed by atoms with van der Waals surface area (Å²) >= 11 is 1.38. The fourth-order valence-electron chi connectivity index (χ4n) is 4.09. The number of ether oxygens (including phenoxy) is 4. The summed E-state index contributed by atoms with van der Waals surface area (Å²) in [6.45, 7) is 4.11. The average Bonchev–Trinajstić information content (AvgIpc) is 3.72. The minimum absolute atomic E-state index is 0.135. The van der Waals surface area contributed by atoms with Crippen molar-refractivity contribution in [3.05, 3.63) is 95.1 Å². The first-order chi connectivity index (χ1) is 22.1. The number of benzene rings is 2. The van der Waals surface area contributed by atoms with Gasteiger partial charge in [0.2, 0.25) is 0 Å². The fourth-order valence-corrected chi connectivity index (χ4v) is 7.96. The number of carbonyl (C=O) groups is 1. The first-order valence-electron chi connectivity index (χ1n) is 14.5. The highest BCUT2D eigenvalue weighted by molar-refractivity contribution is 8.18. The van der Waals surface area contributed by atoms with E-state index in [0.29, 0.717) is 71.5 Å². The van der Waals surface area contributed by atoms with Gasteiger partial charge in [-0.15, -0.1) is 5.10 Å². The van der Waals surface area contributed by atoms with Gasteiger partial charge in [0.05, 0.1) is 65.6 Å². The molecule has 0 spiro atoms. The van der Waals surface area contributed by atoms with Crippen molar-refractivity contribution < 1.29 is 28.7 Å². The molecule has 240 valence electrons. The number of hydrogen-bond donors (Lipinski definition) is 0. The number of nitrogens with zero attached hydrogens (tertiary/aromatic N) is 6. The third-order valence-electron chi connectivity index (χ3n) is 6.30. The van der Waals surface area contributed by atoms with Crippen LogP contribution in [0.4, 0.5) is 5.95 Å². The molecule has 0 amide bonds. The van der Waals surface area contributed by atoms with E-state index in [9.17, 15) is 14.9 Å². The van der Waals surface area contributed by atoms with Crippen LogP contribution < -0.4 is 10.6 Å². The topological polar surface area (TPSA) is 146 Å². The maximum absolute atomic E-state index is 12.5. The zero-order valence-electron chi connectivity index (χ0n) is 24.9. The molecule has 0 aliphatic heterocycles. The predicted molar refractivity (Wildman–Crippen MR) is 172 cm³/mol. The minimum atomic E-state index is -0.600. The molecule has 0 aliphatic rings. The van der Waals surface area contributed by atoms with E-state index in [-0.39, 0.29) is 17.6 Å². The molecule has 13 nitrogen and oxygen atoms in total. The molecule has 45 heavy (non-hydrogen) atoms. The molecule has 0 fully saturated rings. The molecule has 0 aliphatic carbocycles. The van der Waals surface area contributed by atoms with Crippen LogP contribution in [0.2, 0.25) is 0 Å². The van der Waals surface area contributed by atoms with Gasteiger partial charge in [0, 0.05) is 11.9 Å². The van der Waals surface area contributed by atoms with Crippen molar-refractivity contribution in [2.45, 2.75) is 19.5 Å². The molecular formula is C30H37N6O7PS. The van der Waals surface area contributed by atoms with Crippen molar-refractivity contribution >= 4 is 41.4 Å². The number of thioether (sulfide) groups is 1. The summed E-state index contributed by atoms with van der Waals surface area (Å²) in [4.78, 5) is 26.6. The van der Waals surface area contributed by atoms with Crippen LogP contribution in [0.25, 0.3) is 0 Å². The lowest BCUT2D eigenvalue weighted by Gasteiger charge is -2.17. The molecule has 0 bridgehead atoms. The quantitative estimate of drug-likeness (QED) is 0.0532. The number of imidazole rings is 1. The molecule has 2 aromatic heterocycles. The van der Waals surface area contributed by atoms with Crippen molar-refractivity contribution in [1.29, 1.82) is 0 Å². The second-order valence-electron chi connectivity index (χ2n) is 9.53. The molecule has 0 unspecified atom stereocenters. The van der Waals surface area contributed by atoms with Crippen molar-refractivity contribution in [3.8, 4) is 0 Å². The van der Waals surface area contributed by atoms with Gasteiger partial charge in [-0.05, 0) is 23.5 Å². The Bertz CT molecular complexity index is 1390. The molecular weight excluding hydrogens is 619 g/mol. The molecule has 2 heterocycles. The summed E-state index contributed by atoms with van der Waals surface area (Å²) in [7, 11) is -0.600. The van der Waals surface area contributed by atoms with E-state index >= 15 is 0 Å². The monoisotopic (exact) mass is 656 g/mol. The van der Waals surface area contributed by atoms with E-state index < -0.39 is 12.8 Å². The van der Waals surface area contributed by atoms with Crippen LogP contribution in [0.3, 0.4) is 0 Å². The van der Waals surface area contributed by atoms with Gasteiger partial charge in [-0.1, -0.05) is 82.6 Å². The number of hydrogen-bond acceptors (Lipinski definition) is 11. The summed E-state index contributed by atoms with van der Waals surface area (Å²) in [5.41, 5.74) is 1.34. The van der Waals surface area contributed by atoms with Crippen LogP contribution in [0.5, 0.6) is 0 Å². The zero-order chi connectivity index (χ0) is 31.5. The maximum atomic E-state index is 12.5. The highest BCUT2D eigenvalue weighted by Gasteiger charge is 2.17. The van der Waals surface area contributed by atoms with Gasteiger partial charge in [-0.2, -0.15) is 0 Å². The second kappa shape index (κ2) is 19.8. The minimum Gasteiger partial charge on any atom is -0.390 e. The van der Waals surface area contributed by atoms with E-state index in [4.69, 9.17) is 18.9 Å². The Labute approximate surface area is 267 Å². The van der Waals surface area contributed by atoms with Gasteiger partial charge in [0.15, 0.2) is 5.12 Å². The zero-order valence-corrected chi connectivity index (χ0v) is 26.6. The van der Waals surface area contributed by atoms with Crippen molar-refractivity contribution in [1.82, 2.24) is 24.5 Å². The summed E-state index contributed by atoms with van der Waals surface area (Å²) in [5, 5.41) is 21.7. The Hall–Kier alpha value is -3.52. The van der Waals surface area contributed by atoms with Crippen molar-refractivity contribution in [2.75, 3.05) is 58.3 Å². The average molecular weight is 657 g/mol. The Balaban J connectivity index is 0.951. The standard InChI is InChI=1S/C30H37N6O7PS/c37-29(45-25-44(27-7-3-1-4-8-27)28-9-5-2-6-10-28)11-15-40-17-19-42-21-22-43-20-18-41-16-14-35-24-26(32-33-35)23-34-13-12-31-30(34)36(38)39/h1-10,12-13,24H,11,14-23,25H2. The lowest BCUT2D eigenvalue weighted by Crippen LogP contribution is -2.14. The maximum Gasteiger partial charge on any atom is 0.434 e. The van der Waals surface area contributed by atoms with E-state index in [0.717, 1.165) is 5.49 Å². The third kappa shape index (κ3) is 12.4. The molecule has 4 aromatic rings. The Morgan fingerprint density at radius 2 is 1.42 bits per heavy atom. The van der Waals surface area contributed by atoms with Gasteiger partial charge in [0.25, 0.3) is 0 Å². The molecule has 0 saturated heterocycles. The Morgan fingerprint density at radius 1 is 0.844 bits per heavy atom. The van der Waals surface area contributed by atoms with Crippen LogP contribution in [0.1, 0.15) is 12.1 Å². The summed E-state index contributed by atoms with van der Waals surface area (Å²) in [5.74, 6) is -0.238. The van der Waals surface area contributed by atoms with Crippen LogP contribution in [0, 0.1) is 10.1 Å². The van der Waals surface area contributed by atoms with Gasteiger partial charge < -0.3 is 29.1 Å². The van der Waals surface area contributed by atoms with Crippen molar-refractivity contribution in [3.63, 3.8) is 0 Å². The van der Waals surface area contributed by atoms with E-state index in [1.807, 2.05) is 36.4 Å². The Kier molecular flexibility index (Phi) is 15.1. The van der Waals surface area contributed by atoms with Crippen LogP contribution >= 0.6 is 19.7 Å². The lowest BCUT2D eigenvalue weighted by molar-refractivity contribution is -0.396. The smallest absolute Gasteiger partial charge is 0.390 e. The van der Waals surface area contributed by atoms with Crippen LogP contribution in [0.15, 0.2) is 79.3 Å². The molecule has 4 rings (SSSR count). The summed E-state index contributed by atoms with van der Waals surface area (Å²) in [6, 6.07) is 20.7. The molecule has 0 radical (unpaired) electrons. The summed E-state index contributed by atoms with van der Waals surface area (Å²) < 4.78 is 25.2. The van der Waals surface area contributed by atoms with Crippen LogP contribution in [-0.4, -0.2) is 92.9 Å². The molecule has 0 atom stereocenters. The van der Waals surface area contributed by atoms with Gasteiger partial charge in [-0.25, -0.2) is 9.25 Å². The second-order valence-corrected chi connectivity index (χ2v) is 13.2. The molecule has 15 heteroatoms. The highest BCUT2D eigenvalue weighted by atomic mass is 32.2. The lowest BCUT2D eigenvalue weighted by atomic mass is 10.4. The number of aromatic nitrogens is 5. The molecule has 0 saturated carbocycles. The number of rotatable bonds is 22. The summed E-state index contributed by atoms with van der Waals surface area (Å²) in [6.07, 6.45) is 4.99. The predicted octanol–water partition coefficient (Wildman–Crippen LogP) is 3.24. The highest BCUT2D eigenvalue weighted by Crippen LogP contribution is 2.37. The van der Waals surface area contributed by atoms with Gasteiger partial charge in [-0.3, -0.25) is 4.79 Å². The largest absolute Gasteiger partial charge is 0.434 e.